The maximum absolute atomic E-state index is 13.0. The lowest BCUT2D eigenvalue weighted by Crippen LogP contribution is -2.38. The van der Waals surface area contributed by atoms with Crippen molar-refractivity contribution in [1.29, 1.82) is 0 Å². The van der Waals surface area contributed by atoms with Crippen molar-refractivity contribution in [2.24, 2.45) is 10.6 Å². The number of rotatable bonds is 6. The number of nitrogens with zero attached hydrogens (tertiary/aromatic N) is 2. The summed E-state index contributed by atoms with van der Waals surface area (Å²) in [5, 5.41) is 4.95. The molecule has 0 bridgehead atoms. The average Bonchev–Trinajstić information content (AvgIpc) is 3.10. The van der Waals surface area contributed by atoms with Crippen LogP contribution in [0.25, 0.3) is 0 Å². The first-order valence-corrected chi connectivity index (χ1v) is 10.4. The number of carbonyl (C=O) groups is 1. The zero-order chi connectivity index (χ0) is 21.0. The van der Waals surface area contributed by atoms with E-state index < -0.39 is 0 Å². The van der Waals surface area contributed by atoms with Crippen LogP contribution in [0.3, 0.4) is 0 Å². The molecular formula is C24H29ClN2O2. The second-order valence-electron chi connectivity index (χ2n) is 8.94. The number of carbonyl (C=O) groups excluding carboxylic acids is 1. The Kier molecular flexibility index (Phi) is 6.63. The molecule has 1 amide bonds. The lowest BCUT2D eigenvalue weighted by atomic mass is 9.91. The van der Waals surface area contributed by atoms with Gasteiger partial charge in [-0.1, -0.05) is 85.6 Å². The van der Waals surface area contributed by atoms with Crippen LogP contribution in [0.2, 0.25) is 5.02 Å². The molecule has 29 heavy (non-hydrogen) atoms. The van der Waals surface area contributed by atoms with Crippen LogP contribution < -0.4 is 0 Å². The minimum atomic E-state index is -0.155. The second-order valence-corrected chi connectivity index (χ2v) is 9.35. The first kappa shape index (κ1) is 21.4. The van der Waals surface area contributed by atoms with E-state index in [9.17, 15) is 4.79 Å². The fourth-order valence-electron chi connectivity index (χ4n) is 3.34. The van der Waals surface area contributed by atoms with Gasteiger partial charge in [-0.05, 0) is 29.5 Å². The fourth-order valence-corrected chi connectivity index (χ4v) is 3.54. The topological polar surface area (TPSA) is 41.9 Å². The van der Waals surface area contributed by atoms with Crippen LogP contribution in [0.1, 0.15) is 50.3 Å². The van der Waals surface area contributed by atoms with Gasteiger partial charge in [-0.25, -0.2) is 0 Å². The molecule has 0 saturated carbocycles. The summed E-state index contributed by atoms with van der Waals surface area (Å²) in [5.74, 6) is 0.102. The van der Waals surface area contributed by atoms with Gasteiger partial charge in [-0.3, -0.25) is 4.79 Å². The van der Waals surface area contributed by atoms with E-state index in [0.29, 0.717) is 31.0 Å². The smallest absolute Gasteiger partial charge is 0.223 e. The lowest BCUT2D eigenvalue weighted by molar-refractivity contribution is -0.135. The van der Waals surface area contributed by atoms with Crippen molar-refractivity contribution in [3.63, 3.8) is 0 Å². The number of hydrogen-bond acceptors (Lipinski definition) is 3. The lowest BCUT2D eigenvalue weighted by Gasteiger charge is -2.28. The zero-order valence-electron chi connectivity index (χ0n) is 17.6. The van der Waals surface area contributed by atoms with Crippen molar-refractivity contribution in [2.75, 3.05) is 6.54 Å². The standard InChI is InChI=1S/C24H29ClN2O2/c1-17-9-11-18(12-10-17)22-13-20(29-26-22)16-27(23(28)14-24(2,3)4)15-19-7-5-6-8-21(19)25/h5-12,20H,13-16H2,1-4H3/t20-/m0/s1. The van der Waals surface area contributed by atoms with E-state index >= 15 is 0 Å². The van der Waals surface area contributed by atoms with E-state index in [1.165, 1.54) is 5.56 Å². The molecule has 1 aliphatic rings. The Hall–Kier alpha value is -2.33. The Bertz CT molecular complexity index is 884. The van der Waals surface area contributed by atoms with Gasteiger partial charge in [0.2, 0.25) is 5.91 Å². The van der Waals surface area contributed by atoms with Crippen molar-refractivity contribution >= 4 is 23.2 Å². The maximum Gasteiger partial charge on any atom is 0.223 e. The highest BCUT2D eigenvalue weighted by Gasteiger charge is 2.29. The quantitative estimate of drug-likeness (QED) is 0.619. The molecular weight excluding hydrogens is 384 g/mol. The molecule has 0 aromatic heterocycles. The summed E-state index contributed by atoms with van der Waals surface area (Å²) < 4.78 is 0. The van der Waals surface area contributed by atoms with E-state index in [0.717, 1.165) is 16.8 Å². The van der Waals surface area contributed by atoms with Crippen molar-refractivity contribution in [2.45, 2.75) is 53.2 Å². The Morgan fingerprint density at radius 3 is 2.52 bits per heavy atom. The van der Waals surface area contributed by atoms with Gasteiger partial charge >= 0.3 is 0 Å². The molecule has 0 N–H and O–H groups in total. The number of benzene rings is 2. The van der Waals surface area contributed by atoms with Gasteiger partial charge in [0.25, 0.3) is 0 Å². The van der Waals surface area contributed by atoms with E-state index in [1.807, 2.05) is 29.2 Å². The van der Waals surface area contributed by atoms with Gasteiger partial charge in [0.05, 0.1) is 12.3 Å². The molecule has 0 radical (unpaired) electrons. The SMILES string of the molecule is Cc1ccc(C2=NO[C@H](CN(Cc3ccccc3Cl)C(=O)CC(C)(C)C)C2)cc1. The molecule has 0 spiro atoms. The normalized spacial score (nSPS) is 16.3. The Labute approximate surface area is 178 Å². The van der Waals surface area contributed by atoms with Gasteiger partial charge in [0.1, 0.15) is 0 Å². The van der Waals surface area contributed by atoms with E-state index in [1.54, 1.807) is 0 Å². The Morgan fingerprint density at radius 1 is 1.17 bits per heavy atom. The highest BCUT2D eigenvalue weighted by Crippen LogP contribution is 2.25. The first-order valence-electron chi connectivity index (χ1n) is 10.0. The number of aryl methyl sites for hydroxylation is 1. The maximum atomic E-state index is 13.0. The van der Waals surface area contributed by atoms with Gasteiger partial charge in [0.15, 0.2) is 6.10 Å². The number of hydrogen-bond donors (Lipinski definition) is 0. The van der Waals surface area contributed by atoms with Crippen LogP contribution in [0, 0.1) is 12.3 Å². The number of halogens is 1. The summed E-state index contributed by atoms with van der Waals surface area (Å²) in [6, 6.07) is 15.9. The van der Waals surface area contributed by atoms with Gasteiger partial charge in [0, 0.05) is 24.4 Å². The van der Waals surface area contributed by atoms with Crippen LogP contribution in [0.15, 0.2) is 53.7 Å². The molecule has 0 fully saturated rings. The molecule has 1 aliphatic heterocycles. The first-order chi connectivity index (χ1) is 13.7. The van der Waals surface area contributed by atoms with Crippen LogP contribution in [0.5, 0.6) is 0 Å². The molecule has 0 aliphatic carbocycles. The third-order valence-electron chi connectivity index (χ3n) is 4.90. The Balaban J connectivity index is 1.71. The van der Waals surface area contributed by atoms with Crippen molar-refractivity contribution < 1.29 is 9.63 Å². The second kappa shape index (κ2) is 9.00. The third-order valence-corrected chi connectivity index (χ3v) is 5.26. The minimum Gasteiger partial charge on any atom is -0.390 e. The fraction of sp³-hybridized carbons (Fsp3) is 0.417. The summed E-state index contributed by atoms with van der Waals surface area (Å²) >= 11 is 6.35. The minimum absolute atomic E-state index is 0.0874. The molecule has 0 unspecified atom stereocenters. The van der Waals surface area contributed by atoms with Crippen LogP contribution >= 0.6 is 11.6 Å². The zero-order valence-corrected chi connectivity index (χ0v) is 18.4. The third kappa shape index (κ3) is 6.07. The predicted molar refractivity (Wildman–Crippen MR) is 118 cm³/mol. The van der Waals surface area contributed by atoms with Gasteiger partial charge in [-0.2, -0.15) is 0 Å². The molecule has 1 atom stereocenters. The van der Waals surface area contributed by atoms with Gasteiger partial charge in [-0.15, -0.1) is 0 Å². The van der Waals surface area contributed by atoms with E-state index in [2.05, 4.69) is 57.1 Å². The summed E-state index contributed by atoms with van der Waals surface area (Å²) in [6.45, 7) is 9.23. The van der Waals surface area contributed by atoms with Crippen molar-refractivity contribution in [1.82, 2.24) is 4.90 Å². The molecule has 2 aromatic carbocycles. The summed E-state index contributed by atoms with van der Waals surface area (Å²) in [4.78, 5) is 20.6. The summed E-state index contributed by atoms with van der Waals surface area (Å²) in [6.07, 6.45) is 0.999. The highest BCUT2D eigenvalue weighted by atomic mass is 35.5. The largest absolute Gasteiger partial charge is 0.390 e. The van der Waals surface area contributed by atoms with Crippen LogP contribution in [-0.4, -0.2) is 29.2 Å². The van der Waals surface area contributed by atoms with Crippen LogP contribution in [0.4, 0.5) is 0 Å². The molecule has 2 aromatic rings. The predicted octanol–water partition coefficient (Wildman–Crippen LogP) is 5.61. The number of amides is 1. The van der Waals surface area contributed by atoms with Gasteiger partial charge < -0.3 is 9.74 Å². The summed E-state index contributed by atoms with van der Waals surface area (Å²) in [7, 11) is 0. The highest BCUT2D eigenvalue weighted by molar-refractivity contribution is 6.31. The molecule has 3 rings (SSSR count). The average molecular weight is 413 g/mol. The van der Waals surface area contributed by atoms with Crippen molar-refractivity contribution in [3.05, 3.63) is 70.2 Å². The van der Waals surface area contributed by atoms with E-state index in [4.69, 9.17) is 16.4 Å². The van der Waals surface area contributed by atoms with Crippen molar-refractivity contribution in [3.8, 4) is 0 Å². The molecule has 4 nitrogen and oxygen atoms in total. The van der Waals surface area contributed by atoms with Crippen LogP contribution in [-0.2, 0) is 16.2 Å². The molecule has 154 valence electrons. The number of oxime groups is 1. The Morgan fingerprint density at radius 2 is 1.86 bits per heavy atom. The molecule has 1 heterocycles. The van der Waals surface area contributed by atoms with E-state index in [-0.39, 0.29) is 17.4 Å². The molecule has 5 heteroatoms. The monoisotopic (exact) mass is 412 g/mol. The summed E-state index contributed by atoms with van der Waals surface area (Å²) in [5.41, 5.74) is 4.06. The molecule has 0 saturated heterocycles.